The molecule has 0 saturated carbocycles. The molecule has 0 aromatic heterocycles. The van der Waals surface area contributed by atoms with Gasteiger partial charge in [-0.2, -0.15) is 5.10 Å². The average molecular weight is 420 g/mol. The number of benzene rings is 2. The summed E-state index contributed by atoms with van der Waals surface area (Å²) in [6.07, 6.45) is 2.49. The van der Waals surface area contributed by atoms with Gasteiger partial charge in [-0.1, -0.05) is 6.07 Å². The van der Waals surface area contributed by atoms with E-state index in [1.54, 1.807) is 30.3 Å². The summed E-state index contributed by atoms with van der Waals surface area (Å²) in [6, 6.07) is 10.5. The number of hydrogen-bond acceptors (Lipinski definition) is 6. The lowest BCUT2D eigenvalue weighted by molar-refractivity contribution is -0.119. The highest BCUT2D eigenvalue weighted by Crippen LogP contribution is 2.26. The minimum Gasteiger partial charge on any atom is -0.493 e. The summed E-state index contributed by atoms with van der Waals surface area (Å²) < 4.78 is 35.8. The van der Waals surface area contributed by atoms with E-state index >= 15 is 0 Å². The van der Waals surface area contributed by atoms with Crippen LogP contribution in [0, 0.1) is 13.8 Å². The summed E-state index contributed by atoms with van der Waals surface area (Å²) in [5, 5.41) is 3.89. The smallest absolute Gasteiger partial charge is 0.260 e. The van der Waals surface area contributed by atoms with Crippen molar-refractivity contribution in [3.8, 4) is 11.5 Å². The number of ether oxygens (including phenoxy) is 2. The van der Waals surface area contributed by atoms with Crippen LogP contribution in [0.15, 0.2) is 41.5 Å². The molecule has 2 aromatic rings. The van der Waals surface area contributed by atoms with Crippen molar-refractivity contribution >= 4 is 27.8 Å². The molecular formula is C20H25N3O5S. The first-order valence-electron chi connectivity index (χ1n) is 8.74. The van der Waals surface area contributed by atoms with Crippen molar-refractivity contribution in [2.75, 3.05) is 31.3 Å². The Morgan fingerprint density at radius 1 is 1.07 bits per heavy atom. The molecule has 156 valence electrons. The summed E-state index contributed by atoms with van der Waals surface area (Å²) >= 11 is 0. The van der Waals surface area contributed by atoms with Gasteiger partial charge in [0.25, 0.3) is 5.91 Å². The zero-order valence-electron chi connectivity index (χ0n) is 17.1. The molecule has 0 spiro atoms. The molecule has 29 heavy (non-hydrogen) atoms. The summed E-state index contributed by atoms with van der Waals surface area (Å²) in [5.41, 5.74) is 5.27. The maximum atomic E-state index is 12.3. The second-order valence-electron chi connectivity index (χ2n) is 6.52. The Bertz CT molecular complexity index is 999. The monoisotopic (exact) mass is 419 g/mol. The molecule has 0 radical (unpaired) electrons. The number of anilines is 1. The Morgan fingerprint density at radius 2 is 1.69 bits per heavy atom. The van der Waals surface area contributed by atoms with E-state index in [1.807, 2.05) is 19.9 Å². The van der Waals surface area contributed by atoms with E-state index in [0.717, 1.165) is 21.7 Å². The third kappa shape index (κ3) is 6.21. The van der Waals surface area contributed by atoms with Crippen molar-refractivity contribution in [1.29, 1.82) is 0 Å². The van der Waals surface area contributed by atoms with Gasteiger partial charge < -0.3 is 9.47 Å². The maximum absolute atomic E-state index is 12.3. The lowest BCUT2D eigenvalue weighted by atomic mass is 10.1. The number of carbonyl (C=O) groups is 1. The Hall–Kier alpha value is -3.07. The van der Waals surface area contributed by atoms with Crippen LogP contribution in [0.5, 0.6) is 11.5 Å². The van der Waals surface area contributed by atoms with E-state index < -0.39 is 15.9 Å². The molecule has 2 aromatic carbocycles. The molecule has 0 aliphatic heterocycles. The molecule has 0 fully saturated rings. The SMILES string of the molecule is COc1ccc(/C=N\NC(=O)CN(c2cc(C)cc(C)c2)S(C)(=O)=O)cc1OC. The molecule has 8 nitrogen and oxygen atoms in total. The maximum Gasteiger partial charge on any atom is 0.260 e. The molecule has 0 aliphatic rings. The van der Waals surface area contributed by atoms with Gasteiger partial charge in [0, 0.05) is 0 Å². The van der Waals surface area contributed by atoms with Crippen LogP contribution in [0.2, 0.25) is 0 Å². The zero-order chi connectivity index (χ0) is 21.6. The van der Waals surface area contributed by atoms with Crippen molar-refractivity contribution in [3.05, 3.63) is 53.1 Å². The lowest BCUT2D eigenvalue weighted by Crippen LogP contribution is -2.39. The first kappa shape index (κ1) is 22.2. The van der Waals surface area contributed by atoms with Gasteiger partial charge in [0.05, 0.1) is 32.4 Å². The number of hydrazone groups is 1. The quantitative estimate of drug-likeness (QED) is 0.523. The molecule has 9 heteroatoms. The molecule has 0 bridgehead atoms. The van der Waals surface area contributed by atoms with Crippen LogP contribution < -0.4 is 19.2 Å². The molecule has 0 aliphatic carbocycles. The van der Waals surface area contributed by atoms with E-state index in [4.69, 9.17) is 9.47 Å². The summed E-state index contributed by atoms with van der Waals surface area (Å²) in [6.45, 7) is 3.35. The molecule has 0 unspecified atom stereocenters. The third-order valence-electron chi connectivity index (χ3n) is 3.99. The number of aryl methyl sites for hydroxylation is 2. The fraction of sp³-hybridized carbons (Fsp3) is 0.300. The van der Waals surface area contributed by atoms with Crippen molar-refractivity contribution in [2.45, 2.75) is 13.8 Å². The van der Waals surface area contributed by atoms with Gasteiger partial charge in [-0.15, -0.1) is 0 Å². The van der Waals surface area contributed by atoms with Gasteiger partial charge in [0.15, 0.2) is 11.5 Å². The standard InChI is InChI=1S/C20H25N3O5S/c1-14-8-15(2)10-17(9-14)23(29(5,25)26)13-20(24)22-21-12-16-6-7-18(27-3)19(11-16)28-4/h6-12H,13H2,1-5H3,(H,22,24)/b21-12-. The molecule has 0 heterocycles. The zero-order valence-corrected chi connectivity index (χ0v) is 17.9. The number of hydrogen-bond donors (Lipinski definition) is 1. The Balaban J connectivity index is 2.12. The average Bonchev–Trinajstić information content (AvgIpc) is 2.64. The van der Waals surface area contributed by atoms with Crippen molar-refractivity contribution in [3.63, 3.8) is 0 Å². The van der Waals surface area contributed by atoms with Gasteiger partial charge in [0.1, 0.15) is 6.54 Å². The van der Waals surface area contributed by atoms with E-state index in [0.29, 0.717) is 22.7 Å². The largest absolute Gasteiger partial charge is 0.493 e. The number of nitrogens with one attached hydrogen (secondary N) is 1. The lowest BCUT2D eigenvalue weighted by Gasteiger charge is -2.22. The Labute approximate surface area is 171 Å². The van der Waals surface area contributed by atoms with Crippen LogP contribution in [0.25, 0.3) is 0 Å². The van der Waals surface area contributed by atoms with Crippen LogP contribution >= 0.6 is 0 Å². The first-order chi connectivity index (χ1) is 13.6. The van der Waals surface area contributed by atoms with Crippen molar-refractivity contribution < 1.29 is 22.7 Å². The van der Waals surface area contributed by atoms with E-state index in [9.17, 15) is 13.2 Å². The first-order valence-corrected chi connectivity index (χ1v) is 10.6. The van der Waals surface area contributed by atoms with Crippen molar-refractivity contribution in [2.24, 2.45) is 5.10 Å². The number of rotatable bonds is 8. The highest BCUT2D eigenvalue weighted by molar-refractivity contribution is 7.92. The van der Waals surface area contributed by atoms with Gasteiger partial charge in [-0.25, -0.2) is 13.8 Å². The van der Waals surface area contributed by atoms with Crippen LogP contribution in [0.3, 0.4) is 0 Å². The predicted octanol–water partition coefficient (Wildman–Crippen LogP) is 2.24. The fourth-order valence-electron chi connectivity index (χ4n) is 2.77. The van der Waals surface area contributed by atoms with Crippen LogP contribution in [-0.4, -0.2) is 47.6 Å². The van der Waals surface area contributed by atoms with Gasteiger partial charge in [-0.3, -0.25) is 9.10 Å². The number of sulfonamides is 1. The summed E-state index contributed by atoms with van der Waals surface area (Å²) in [5.74, 6) is 0.540. The Kier molecular flexibility index (Phi) is 7.22. The van der Waals surface area contributed by atoms with Gasteiger partial charge in [0.2, 0.25) is 10.0 Å². The van der Waals surface area contributed by atoms with Gasteiger partial charge in [-0.05, 0) is 60.9 Å². The highest BCUT2D eigenvalue weighted by Gasteiger charge is 2.21. The molecular weight excluding hydrogens is 394 g/mol. The molecule has 0 saturated heterocycles. The van der Waals surface area contributed by atoms with Crippen LogP contribution in [0.1, 0.15) is 16.7 Å². The van der Waals surface area contributed by atoms with E-state index in [-0.39, 0.29) is 6.54 Å². The third-order valence-corrected chi connectivity index (χ3v) is 5.13. The summed E-state index contributed by atoms with van der Waals surface area (Å²) in [7, 11) is -0.592. The number of carbonyl (C=O) groups excluding carboxylic acids is 1. The van der Waals surface area contributed by atoms with E-state index in [1.165, 1.54) is 20.4 Å². The fourth-order valence-corrected chi connectivity index (χ4v) is 3.61. The number of nitrogens with zero attached hydrogens (tertiary/aromatic N) is 2. The second kappa shape index (κ2) is 9.42. The molecule has 1 N–H and O–H groups in total. The van der Waals surface area contributed by atoms with Crippen LogP contribution in [-0.2, 0) is 14.8 Å². The normalized spacial score (nSPS) is 11.3. The topological polar surface area (TPSA) is 97.3 Å². The summed E-state index contributed by atoms with van der Waals surface area (Å²) in [4.78, 5) is 12.3. The predicted molar refractivity (Wildman–Crippen MR) is 113 cm³/mol. The van der Waals surface area contributed by atoms with E-state index in [2.05, 4.69) is 10.5 Å². The molecule has 1 amide bonds. The molecule has 2 rings (SSSR count). The number of amides is 1. The van der Waals surface area contributed by atoms with Gasteiger partial charge >= 0.3 is 0 Å². The second-order valence-corrected chi connectivity index (χ2v) is 8.43. The minimum absolute atomic E-state index is 0.384. The minimum atomic E-state index is -3.65. The number of methoxy groups -OCH3 is 2. The van der Waals surface area contributed by atoms with Crippen molar-refractivity contribution in [1.82, 2.24) is 5.43 Å². The molecule has 0 atom stereocenters. The van der Waals surface area contributed by atoms with Crippen LogP contribution in [0.4, 0.5) is 5.69 Å². The highest BCUT2D eigenvalue weighted by atomic mass is 32.2. The Morgan fingerprint density at radius 3 is 2.24 bits per heavy atom.